The van der Waals surface area contributed by atoms with Crippen LogP contribution in [0.25, 0.3) is 0 Å². The molecule has 0 N–H and O–H groups in total. The molecule has 7 nitrogen and oxygen atoms in total. The zero-order valence-corrected chi connectivity index (χ0v) is 19.7. The van der Waals surface area contributed by atoms with Gasteiger partial charge in [-0.05, 0) is 50.1 Å². The van der Waals surface area contributed by atoms with E-state index < -0.39 is 28.0 Å². The molecule has 9 heteroatoms. The highest BCUT2D eigenvalue weighted by molar-refractivity contribution is 7.89. The number of rotatable bonds is 6. The zero-order valence-electron chi connectivity index (χ0n) is 18.2. The Kier molecular flexibility index (Phi) is 7.92. The van der Waals surface area contributed by atoms with Crippen LogP contribution in [0, 0.1) is 0 Å². The Bertz CT molecular complexity index is 1070. The predicted molar refractivity (Wildman–Crippen MR) is 123 cm³/mol. The van der Waals surface area contributed by atoms with Crippen molar-refractivity contribution in [1.29, 1.82) is 0 Å². The molecule has 2 aromatic rings. The molecular weight excluding hydrogens is 452 g/mol. The molecule has 1 aliphatic rings. The van der Waals surface area contributed by atoms with Gasteiger partial charge < -0.3 is 9.64 Å². The number of likely N-dealkylation sites (N-methyl/N-ethyl adjacent to an activating group) is 1. The van der Waals surface area contributed by atoms with Gasteiger partial charge in [0.25, 0.3) is 5.91 Å². The number of hydrogen-bond acceptors (Lipinski definition) is 5. The topological polar surface area (TPSA) is 84.0 Å². The van der Waals surface area contributed by atoms with Gasteiger partial charge in [0.05, 0.1) is 10.6 Å². The summed E-state index contributed by atoms with van der Waals surface area (Å²) in [5.41, 5.74) is 0.683. The van der Waals surface area contributed by atoms with Gasteiger partial charge in [-0.1, -0.05) is 42.6 Å². The maximum atomic E-state index is 13.1. The lowest BCUT2D eigenvalue weighted by molar-refractivity contribution is -0.126. The van der Waals surface area contributed by atoms with Crippen molar-refractivity contribution in [2.45, 2.75) is 43.6 Å². The van der Waals surface area contributed by atoms with Gasteiger partial charge in [-0.25, -0.2) is 13.2 Å². The average Bonchev–Trinajstić information content (AvgIpc) is 3.09. The number of para-hydroxylation sites is 1. The second kappa shape index (κ2) is 10.5. The Morgan fingerprint density at radius 3 is 2.28 bits per heavy atom. The van der Waals surface area contributed by atoms with E-state index in [0.29, 0.717) is 18.8 Å². The van der Waals surface area contributed by atoms with Crippen LogP contribution in [0.15, 0.2) is 53.4 Å². The van der Waals surface area contributed by atoms with Crippen LogP contribution in [0.3, 0.4) is 0 Å². The Morgan fingerprint density at radius 1 is 1.03 bits per heavy atom. The number of anilines is 1. The molecule has 0 spiro atoms. The van der Waals surface area contributed by atoms with E-state index in [1.807, 2.05) is 6.07 Å². The van der Waals surface area contributed by atoms with Gasteiger partial charge in [0, 0.05) is 25.8 Å². The van der Waals surface area contributed by atoms with Crippen molar-refractivity contribution in [3.05, 3.63) is 59.1 Å². The molecule has 1 aliphatic heterocycles. The number of carbonyl (C=O) groups is 2. The maximum absolute atomic E-state index is 13.1. The SMILES string of the molecule is C[C@H](OC(=O)c1ccc(Cl)c(S(=O)(=O)N2CCCCCC2)c1)C(=O)N(C)c1ccccc1. The van der Waals surface area contributed by atoms with Gasteiger partial charge >= 0.3 is 5.97 Å². The van der Waals surface area contributed by atoms with Crippen LogP contribution >= 0.6 is 11.6 Å². The van der Waals surface area contributed by atoms with Crippen LogP contribution in [0.4, 0.5) is 5.69 Å². The van der Waals surface area contributed by atoms with E-state index in [-0.39, 0.29) is 15.5 Å². The molecule has 1 saturated heterocycles. The third-order valence-electron chi connectivity index (χ3n) is 5.46. The van der Waals surface area contributed by atoms with E-state index in [1.54, 1.807) is 31.3 Å². The van der Waals surface area contributed by atoms with Crippen molar-refractivity contribution < 1.29 is 22.7 Å². The van der Waals surface area contributed by atoms with Crippen molar-refractivity contribution in [2.75, 3.05) is 25.0 Å². The first-order valence-electron chi connectivity index (χ1n) is 10.5. The van der Waals surface area contributed by atoms with Gasteiger partial charge in [-0.2, -0.15) is 4.31 Å². The molecule has 1 heterocycles. The van der Waals surface area contributed by atoms with Crippen LogP contribution in [0.5, 0.6) is 0 Å². The number of halogens is 1. The Balaban J connectivity index is 1.76. The lowest BCUT2D eigenvalue weighted by Gasteiger charge is -2.22. The minimum Gasteiger partial charge on any atom is -0.449 e. The van der Waals surface area contributed by atoms with E-state index in [0.717, 1.165) is 25.7 Å². The van der Waals surface area contributed by atoms with Crippen molar-refractivity contribution in [1.82, 2.24) is 4.31 Å². The van der Waals surface area contributed by atoms with E-state index >= 15 is 0 Å². The van der Waals surface area contributed by atoms with Crippen LogP contribution in [-0.4, -0.2) is 50.8 Å². The smallest absolute Gasteiger partial charge is 0.338 e. The van der Waals surface area contributed by atoms with Crippen molar-refractivity contribution in [3.63, 3.8) is 0 Å². The molecule has 3 rings (SSSR count). The Labute approximate surface area is 194 Å². The summed E-state index contributed by atoms with van der Waals surface area (Å²) in [6.45, 7) is 2.32. The van der Waals surface area contributed by atoms with E-state index in [9.17, 15) is 18.0 Å². The van der Waals surface area contributed by atoms with Gasteiger partial charge in [0.2, 0.25) is 10.0 Å². The number of nitrogens with zero attached hydrogens (tertiary/aromatic N) is 2. The van der Waals surface area contributed by atoms with Crippen molar-refractivity contribution >= 4 is 39.2 Å². The van der Waals surface area contributed by atoms with Gasteiger partial charge in [0.15, 0.2) is 6.10 Å². The van der Waals surface area contributed by atoms with Crippen molar-refractivity contribution in [3.8, 4) is 0 Å². The number of amides is 1. The number of ether oxygens (including phenoxy) is 1. The summed E-state index contributed by atoms with van der Waals surface area (Å²) in [6, 6.07) is 13.0. The number of hydrogen-bond donors (Lipinski definition) is 0. The second-order valence-electron chi connectivity index (χ2n) is 7.74. The van der Waals surface area contributed by atoms with Crippen molar-refractivity contribution in [2.24, 2.45) is 0 Å². The summed E-state index contributed by atoms with van der Waals surface area (Å²) in [6.07, 6.45) is 2.47. The lowest BCUT2D eigenvalue weighted by atomic mass is 10.2. The predicted octanol–water partition coefficient (Wildman–Crippen LogP) is 4.11. The molecule has 2 aromatic carbocycles. The standard InChI is InChI=1S/C23H27ClN2O5S/c1-17(22(27)25(2)19-10-6-5-7-11-19)31-23(28)18-12-13-20(24)21(16-18)32(29,30)26-14-8-3-4-9-15-26/h5-7,10-13,16-17H,3-4,8-9,14-15H2,1-2H3/t17-/m0/s1. The molecule has 1 amide bonds. The minimum atomic E-state index is -3.85. The molecule has 0 aromatic heterocycles. The largest absolute Gasteiger partial charge is 0.449 e. The first-order chi connectivity index (χ1) is 15.2. The zero-order chi connectivity index (χ0) is 23.3. The second-order valence-corrected chi connectivity index (χ2v) is 10.1. The molecule has 1 fully saturated rings. The summed E-state index contributed by atoms with van der Waals surface area (Å²) in [5.74, 6) is -1.20. The molecule has 1 atom stereocenters. The molecule has 0 bridgehead atoms. The fourth-order valence-corrected chi connectivity index (χ4v) is 5.60. The minimum absolute atomic E-state index is 0.0183. The highest BCUT2D eigenvalue weighted by atomic mass is 35.5. The quantitative estimate of drug-likeness (QED) is 0.583. The fraction of sp³-hybridized carbons (Fsp3) is 0.391. The number of sulfonamides is 1. The van der Waals surface area contributed by atoms with Crippen LogP contribution in [0.1, 0.15) is 43.0 Å². The van der Waals surface area contributed by atoms with Crippen LogP contribution in [0.2, 0.25) is 5.02 Å². The molecule has 0 aliphatic carbocycles. The van der Waals surface area contributed by atoms with E-state index in [4.69, 9.17) is 16.3 Å². The Morgan fingerprint density at radius 2 is 1.66 bits per heavy atom. The molecule has 172 valence electrons. The fourth-order valence-electron chi connectivity index (χ4n) is 3.58. The highest BCUT2D eigenvalue weighted by Crippen LogP contribution is 2.28. The number of carbonyl (C=O) groups excluding carboxylic acids is 2. The highest BCUT2D eigenvalue weighted by Gasteiger charge is 2.29. The summed E-state index contributed by atoms with van der Waals surface area (Å²) in [7, 11) is -2.25. The average molecular weight is 479 g/mol. The first-order valence-corrected chi connectivity index (χ1v) is 12.4. The summed E-state index contributed by atoms with van der Waals surface area (Å²) < 4.78 is 33.0. The summed E-state index contributed by atoms with van der Waals surface area (Å²) >= 11 is 6.19. The molecular formula is C23H27ClN2O5S. The third kappa shape index (κ3) is 5.49. The number of benzene rings is 2. The summed E-state index contributed by atoms with van der Waals surface area (Å²) in [5, 5.41) is 0.0405. The first kappa shape index (κ1) is 24.2. The van der Waals surface area contributed by atoms with Gasteiger partial charge in [0.1, 0.15) is 4.90 Å². The normalized spacial score (nSPS) is 16.1. The lowest BCUT2D eigenvalue weighted by Crippen LogP contribution is -2.37. The maximum Gasteiger partial charge on any atom is 0.338 e. The molecule has 0 saturated carbocycles. The van der Waals surface area contributed by atoms with E-state index in [2.05, 4.69) is 0 Å². The van der Waals surface area contributed by atoms with Gasteiger partial charge in [-0.3, -0.25) is 4.79 Å². The number of esters is 1. The van der Waals surface area contributed by atoms with Gasteiger partial charge in [-0.15, -0.1) is 0 Å². The molecule has 0 unspecified atom stereocenters. The van der Waals surface area contributed by atoms with Crippen LogP contribution in [-0.2, 0) is 19.6 Å². The summed E-state index contributed by atoms with van der Waals surface area (Å²) in [4.78, 5) is 26.6. The Hall–Kier alpha value is -2.42. The van der Waals surface area contributed by atoms with Crippen LogP contribution < -0.4 is 4.90 Å². The third-order valence-corrected chi connectivity index (χ3v) is 7.84. The van der Waals surface area contributed by atoms with E-state index in [1.165, 1.54) is 34.3 Å². The monoisotopic (exact) mass is 478 g/mol. The molecule has 32 heavy (non-hydrogen) atoms. The molecule has 0 radical (unpaired) electrons.